The Bertz CT molecular complexity index is 568. The highest BCUT2D eigenvalue weighted by atomic mass is 16.6. The van der Waals surface area contributed by atoms with Gasteiger partial charge in [0, 0.05) is 24.1 Å². The number of hydrogen-bond donors (Lipinski definition) is 0. The van der Waals surface area contributed by atoms with E-state index in [0.717, 1.165) is 12.8 Å². The van der Waals surface area contributed by atoms with E-state index in [0.29, 0.717) is 12.0 Å². The van der Waals surface area contributed by atoms with Crippen molar-refractivity contribution in [2.45, 2.75) is 122 Å². The van der Waals surface area contributed by atoms with Crippen LogP contribution < -0.4 is 0 Å². The minimum absolute atomic E-state index is 0.0318. The maximum absolute atomic E-state index is 12.1. The van der Waals surface area contributed by atoms with Gasteiger partial charge in [-0.05, 0) is 18.6 Å². The van der Waals surface area contributed by atoms with Gasteiger partial charge in [0.15, 0.2) is 5.78 Å². The van der Waals surface area contributed by atoms with Crippen molar-refractivity contribution in [2.24, 2.45) is 0 Å². The van der Waals surface area contributed by atoms with Gasteiger partial charge in [0.25, 0.3) is 5.69 Å². The molecular weight excluding hydrogens is 374 g/mol. The first-order valence-electron chi connectivity index (χ1n) is 12.4. The molecule has 0 N–H and O–H groups in total. The van der Waals surface area contributed by atoms with Crippen molar-refractivity contribution < 1.29 is 9.72 Å². The first kappa shape index (κ1) is 26.3. The number of benzene rings is 1. The van der Waals surface area contributed by atoms with Crippen LogP contribution in [-0.4, -0.2) is 10.7 Å². The number of hydrogen-bond acceptors (Lipinski definition) is 3. The van der Waals surface area contributed by atoms with E-state index in [1.165, 1.54) is 108 Å². The zero-order chi connectivity index (χ0) is 21.9. The van der Waals surface area contributed by atoms with Gasteiger partial charge in [-0.3, -0.25) is 14.9 Å². The minimum Gasteiger partial charge on any atom is -0.294 e. The second kappa shape index (κ2) is 18.1. The summed E-state index contributed by atoms with van der Waals surface area (Å²) in [6, 6.07) is 5.94. The highest BCUT2D eigenvalue weighted by Crippen LogP contribution is 2.16. The molecule has 0 aliphatic rings. The van der Waals surface area contributed by atoms with Crippen molar-refractivity contribution in [1.29, 1.82) is 0 Å². The molecule has 0 spiro atoms. The van der Waals surface area contributed by atoms with Crippen LogP contribution in [0.5, 0.6) is 0 Å². The molecule has 1 aromatic carbocycles. The molecule has 0 aliphatic heterocycles. The van der Waals surface area contributed by atoms with Crippen molar-refractivity contribution >= 4 is 11.5 Å². The number of Topliss-reactive ketones (excluding diaryl/α,β-unsaturated/α-hetero) is 1. The molecule has 0 unspecified atom stereocenters. The Morgan fingerprint density at radius 2 is 1.03 bits per heavy atom. The van der Waals surface area contributed by atoms with Crippen LogP contribution in [0, 0.1) is 10.1 Å². The molecule has 0 amide bonds. The Balaban J connectivity index is 1.85. The van der Waals surface area contributed by atoms with Gasteiger partial charge < -0.3 is 0 Å². The molecule has 0 atom stereocenters. The highest BCUT2D eigenvalue weighted by Gasteiger charge is 2.09. The minimum atomic E-state index is -0.440. The van der Waals surface area contributed by atoms with E-state index >= 15 is 0 Å². The summed E-state index contributed by atoms with van der Waals surface area (Å²) in [7, 11) is 0. The van der Waals surface area contributed by atoms with Crippen LogP contribution in [0.25, 0.3) is 0 Å². The summed E-state index contributed by atoms with van der Waals surface area (Å²) in [5.41, 5.74) is 0.612. The van der Waals surface area contributed by atoms with Crippen LogP contribution in [0.15, 0.2) is 24.3 Å². The molecule has 1 aromatic rings. The van der Waals surface area contributed by atoms with E-state index in [1.54, 1.807) is 12.1 Å². The van der Waals surface area contributed by atoms with Crippen LogP contribution in [0.3, 0.4) is 0 Å². The van der Waals surface area contributed by atoms with E-state index in [2.05, 4.69) is 6.92 Å². The predicted octanol–water partition coefficient (Wildman–Crippen LogP) is 8.82. The molecule has 30 heavy (non-hydrogen) atoms. The molecule has 0 fully saturated rings. The first-order chi connectivity index (χ1) is 14.6. The average Bonchev–Trinajstić information content (AvgIpc) is 2.75. The quantitative estimate of drug-likeness (QED) is 0.0921. The Morgan fingerprint density at radius 3 is 1.40 bits per heavy atom. The van der Waals surface area contributed by atoms with E-state index in [1.807, 2.05) is 0 Å². The predicted molar refractivity (Wildman–Crippen MR) is 126 cm³/mol. The number of unbranched alkanes of at least 4 members (excludes halogenated alkanes) is 16. The molecule has 0 heterocycles. The summed E-state index contributed by atoms with van der Waals surface area (Å²) in [6.07, 6.45) is 23.1. The lowest BCUT2D eigenvalue weighted by atomic mass is 10.0. The second-order valence-corrected chi connectivity index (χ2v) is 8.63. The third-order valence-corrected chi connectivity index (χ3v) is 5.91. The van der Waals surface area contributed by atoms with Crippen LogP contribution in [-0.2, 0) is 0 Å². The van der Waals surface area contributed by atoms with Gasteiger partial charge in [0.05, 0.1) is 4.92 Å². The fourth-order valence-electron chi connectivity index (χ4n) is 3.92. The summed E-state index contributed by atoms with van der Waals surface area (Å²) in [5.74, 6) is 0.0888. The summed E-state index contributed by atoms with van der Waals surface area (Å²) in [5, 5.41) is 10.6. The molecule has 0 radical (unpaired) electrons. The number of non-ortho nitro benzene ring substituents is 1. The zero-order valence-corrected chi connectivity index (χ0v) is 19.2. The van der Waals surface area contributed by atoms with Crippen molar-refractivity contribution in [3.05, 3.63) is 39.9 Å². The van der Waals surface area contributed by atoms with Gasteiger partial charge in [-0.25, -0.2) is 0 Å². The van der Waals surface area contributed by atoms with E-state index in [-0.39, 0.29) is 11.5 Å². The lowest BCUT2D eigenvalue weighted by Crippen LogP contribution is -1.99. The SMILES string of the molecule is CCCCCCCCCCCCCCCCCCCC(=O)c1ccc([N+](=O)[O-])cc1. The molecule has 4 heteroatoms. The fourth-order valence-corrected chi connectivity index (χ4v) is 3.92. The molecule has 0 aliphatic carbocycles. The summed E-state index contributed by atoms with van der Waals surface area (Å²) < 4.78 is 0. The normalized spacial score (nSPS) is 11.0. The first-order valence-corrected chi connectivity index (χ1v) is 12.4. The lowest BCUT2D eigenvalue weighted by molar-refractivity contribution is -0.384. The third-order valence-electron chi connectivity index (χ3n) is 5.91. The molecule has 4 nitrogen and oxygen atoms in total. The molecule has 0 saturated heterocycles. The van der Waals surface area contributed by atoms with Crippen LogP contribution in [0.2, 0.25) is 0 Å². The molecule has 0 aromatic heterocycles. The van der Waals surface area contributed by atoms with Gasteiger partial charge in [0.1, 0.15) is 0 Å². The largest absolute Gasteiger partial charge is 0.294 e. The molecule has 170 valence electrons. The fraction of sp³-hybridized carbons (Fsp3) is 0.731. The van der Waals surface area contributed by atoms with E-state index in [9.17, 15) is 14.9 Å². The van der Waals surface area contributed by atoms with Crippen molar-refractivity contribution in [2.75, 3.05) is 0 Å². The molecule has 0 saturated carbocycles. The van der Waals surface area contributed by atoms with Crippen LogP contribution in [0.4, 0.5) is 5.69 Å². The number of carbonyl (C=O) groups excluding carboxylic acids is 1. The van der Waals surface area contributed by atoms with Crippen molar-refractivity contribution in [3.63, 3.8) is 0 Å². The average molecular weight is 418 g/mol. The Kier molecular flexibility index (Phi) is 15.9. The zero-order valence-electron chi connectivity index (χ0n) is 19.2. The Labute approximate surface area is 184 Å². The smallest absolute Gasteiger partial charge is 0.269 e. The van der Waals surface area contributed by atoms with Gasteiger partial charge >= 0.3 is 0 Å². The Hall–Kier alpha value is -1.71. The number of ketones is 1. The maximum Gasteiger partial charge on any atom is 0.269 e. The van der Waals surface area contributed by atoms with Crippen molar-refractivity contribution in [1.82, 2.24) is 0 Å². The number of nitro benzene ring substituents is 1. The summed E-state index contributed by atoms with van der Waals surface area (Å²) >= 11 is 0. The van der Waals surface area contributed by atoms with Gasteiger partial charge in [-0.15, -0.1) is 0 Å². The van der Waals surface area contributed by atoms with Gasteiger partial charge in [-0.1, -0.05) is 110 Å². The number of nitrogens with zero attached hydrogens (tertiary/aromatic N) is 1. The standard InChI is InChI=1S/C26H43NO3/c1-2-3-4-5-6-7-8-9-10-11-12-13-14-15-16-17-18-19-26(28)24-20-22-25(23-21-24)27(29)30/h20-23H,2-19H2,1H3. The molecule has 0 bridgehead atoms. The molecule has 1 rings (SSSR count). The monoisotopic (exact) mass is 417 g/mol. The van der Waals surface area contributed by atoms with Crippen LogP contribution in [0.1, 0.15) is 133 Å². The molecular formula is C26H43NO3. The summed E-state index contributed by atoms with van der Waals surface area (Å²) in [4.78, 5) is 22.3. The third kappa shape index (κ3) is 13.5. The number of nitro groups is 1. The lowest BCUT2D eigenvalue weighted by Gasteiger charge is -2.04. The highest BCUT2D eigenvalue weighted by molar-refractivity contribution is 5.96. The van der Waals surface area contributed by atoms with Gasteiger partial charge in [-0.2, -0.15) is 0 Å². The Morgan fingerprint density at radius 1 is 0.667 bits per heavy atom. The van der Waals surface area contributed by atoms with Crippen molar-refractivity contribution in [3.8, 4) is 0 Å². The number of carbonyl (C=O) groups is 1. The van der Waals surface area contributed by atoms with E-state index < -0.39 is 4.92 Å². The number of rotatable bonds is 20. The summed E-state index contributed by atoms with van der Waals surface area (Å²) in [6.45, 7) is 2.27. The van der Waals surface area contributed by atoms with E-state index in [4.69, 9.17) is 0 Å². The topological polar surface area (TPSA) is 60.2 Å². The second-order valence-electron chi connectivity index (χ2n) is 8.63. The van der Waals surface area contributed by atoms with Gasteiger partial charge in [0.2, 0.25) is 0 Å². The van der Waals surface area contributed by atoms with Crippen LogP contribution >= 0.6 is 0 Å². The maximum atomic E-state index is 12.1.